The molecule has 13 nitrogen and oxygen atoms in total. The Bertz CT molecular complexity index is 2690. The molecule has 3 heterocycles. The van der Waals surface area contributed by atoms with Crippen molar-refractivity contribution in [3.63, 3.8) is 0 Å². The number of ether oxygens (including phenoxy) is 1. The third-order valence-corrected chi connectivity index (χ3v) is 13.4. The van der Waals surface area contributed by atoms with Crippen LogP contribution in [0.1, 0.15) is 92.7 Å². The van der Waals surface area contributed by atoms with E-state index < -0.39 is 37.0 Å². The highest BCUT2D eigenvalue weighted by Crippen LogP contribution is 2.41. The van der Waals surface area contributed by atoms with Crippen molar-refractivity contribution in [1.82, 2.24) is 14.7 Å². The second-order valence-electron chi connectivity index (χ2n) is 16.8. The zero-order valence-electron chi connectivity index (χ0n) is 34.4. The van der Waals surface area contributed by atoms with Crippen LogP contribution in [0.4, 0.5) is 17.1 Å². The summed E-state index contributed by atoms with van der Waals surface area (Å²) in [7, 11) is -4.58. The Balaban J connectivity index is 1.05. The number of nitro benzene ring substituents is 1. The van der Waals surface area contributed by atoms with Gasteiger partial charge in [-0.25, -0.2) is 18.1 Å². The van der Waals surface area contributed by atoms with Crippen LogP contribution in [0.3, 0.4) is 0 Å². The summed E-state index contributed by atoms with van der Waals surface area (Å²) >= 11 is 0. The highest BCUT2D eigenvalue weighted by molar-refractivity contribution is 7.90. The molecule has 2 fully saturated rings. The average Bonchev–Trinajstić information content (AvgIpc) is 3.93. The Morgan fingerprint density at radius 1 is 1.00 bits per heavy atom. The molecule has 0 unspecified atom stereocenters. The minimum Gasteiger partial charge on any atom is -0.455 e. The molecule has 2 aromatic heterocycles. The minimum absolute atomic E-state index is 0.0684. The van der Waals surface area contributed by atoms with Crippen molar-refractivity contribution in [2.24, 2.45) is 5.92 Å². The first kappa shape index (κ1) is 41.5. The molecule has 1 aliphatic heterocycles. The topological polar surface area (TPSA) is 180 Å². The van der Waals surface area contributed by atoms with Crippen molar-refractivity contribution in [3.05, 3.63) is 136 Å². The minimum atomic E-state index is -4.58. The number of aromatic nitrogens is 2. The number of aliphatic hydroxyl groups is 1. The fraction of sp³-hybridized carbons (Fsp3) is 0.319. The van der Waals surface area contributed by atoms with Crippen LogP contribution < -0.4 is 19.7 Å². The number of amides is 1. The summed E-state index contributed by atoms with van der Waals surface area (Å²) in [5.41, 5.74) is 5.02. The largest absolute Gasteiger partial charge is 0.455 e. The molecule has 4 aromatic carbocycles. The number of hydrogen-bond acceptors (Lipinski definition) is 10. The highest BCUT2D eigenvalue weighted by Gasteiger charge is 2.31. The number of carbonyl (C=O) groups excluding carboxylic acids is 1. The van der Waals surface area contributed by atoms with Crippen molar-refractivity contribution >= 4 is 44.0 Å². The lowest BCUT2D eigenvalue weighted by Gasteiger charge is -2.33. The lowest BCUT2D eigenvalue weighted by atomic mass is 9.80. The van der Waals surface area contributed by atoms with Gasteiger partial charge in [-0.05, 0) is 128 Å². The first-order chi connectivity index (χ1) is 29.2. The zero-order chi connectivity index (χ0) is 42.9. The Morgan fingerprint density at radius 2 is 1.75 bits per heavy atom. The smallest absolute Gasteiger partial charge is 0.293 e. The highest BCUT2D eigenvalue weighted by atomic mass is 32.2. The zero-order valence-corrected chi connectivity index (χ0v) is 35.2. The number of sulfonamides is 1. The molecule has 1 saturated heterocycles. The van der Waals surface area contributed by atoms with Gasteiger partial charge in [-0.15, -0.1) is 0 Å². The van der Waals surface area contributed by atoms with Crippen LogP contribution in [0.2, 0.25) is 0 Å². The van der Waals surface area contributed by atoms with Gasteiger partial charge in [-0.3, -0.25) is 14.9 Å². The van der Waals surface area contributed by atoms with E-state index in [0.29, 0.717) is 36.7 Å². The predicted octanol–water partition coefficient (Wildman–Crippen LogP) is 9.87. The lowest BCUT2D eigenvalue weighted by Crippen LogP contribution is -2.32. The summed E-state index contributed by atoms with van der Waals surface area (Å²) in [6, 6.07) is 29.2. The second-order valence-corrected chi connectivity index (χ2v) is 18.5. The molecule has 0 radical (unpaired) electrons. The van der Waals surface area contributed by atoms with Crippen molar-refractivity contribution in [2.45, 2.75) is 81.8 Å². The number of benzene rings is 4. The molecule has 6 aromatic rings. The summed E-state index contributed by atoms with van der Waals surface area (Å²) in [4.78, 5) is 34.9. The van der Waals surface area contributed by atoms with E-state index in [-0.39, 0.29) is 29.0 Å². The standard InChI is InChI=1S/C47H50N6O7S/c1-30(2)38-7-4-5-8-39(38)42-9-6-24-52(42)35-13-10-32(11-14-35)33-12-16-40(44(26-33)60-36-25-34-20-23-48-45(34)50-29-36)46(54)51-61(58,59)37-15-17-41(43(27-37)53(56)57)49-28-31-18-21-47(3,55)22-19-31/h4-5,7-8,10-17,20,23,25-27,29-31,42,49,55H,6,9,18-19,21-22,24,28H2,1-3H3,(H,48,50)(H,51,54)/t31?,42-,47?/m1/s1. The first-order valence-corrected chi connectivity index (χ1v) is 22.3. The van der Waals surface area contributed by atoms with Crippen molar-refractivity contribution in [3.8, 4) is 22.6 Å². The third kappa shape index (κ3) is 9.10. The molecule has 8 rings (SSSR count). The Labute approximate surface area is 355 Å². The molecule has 0 bridgehead atoms. The van der Waals surface area contributed by atoms with E-state index in [1.807, 2.05) is 18.2 Å². The van der Waals surface area contributed by atoms with Crippen LogP contribution in [0.5, 0.6) is 11.5 Å². The van der Waals surface area contributed by atoms with Gasteiger partial charge < -0.3 is 25.0 Å². The van der Waals surface area contributed by atoms with E-state index in [0.717, 1.165) is 60.5 Å². The van der Waals surface area contributed by atoms with E-state index >= 15 is 0 Å². The Morgan fingerprint density at radius 3 is 2.51 bits per heavy atom. The summed E-state index contributed by atoms with van der Waals surface area (Å²) in [5, 5.41) is 26.3. The summed E-state index contributed by atoms with van der Waals surface area (Å²) in [5.74, 6) is 0.0524. The van der Waals surface area contributed by atoms with E-state index in [9.17, 15) is 28.4 Å². The van der Waals surface area contributed by atoms with Gasteiger partial charge >= 0.3 is 0 Å². The molecule has 1 atom stereocenters. The second kappa shape index (κ2) is 17.0. The number of H-pyrrole nitrogens is 1. The number of nitrogens with one attached hydrogen (secondary N) is 3. The van der Waals surface area contributed by atoms with Gasteiger partial charge in [0.25, 0.3) is 21.6 Å². The summed E-state index contributed by atoms with van der Waals surface area (Å²) in [6.07, 6.45) is 8.21. The van der Waals surface area contributed by atoms with Crippen LogP contribution in [0, 0.1) is 16.0 Å². The van der Waals surface area contributed by atoms with Crippen LogP contribution >= 0.6 is 0 Å². The molecule has 1 aliphatic carbocycles. The number of hydrogen-bond donors (Lipinski definition) is 4. The average molecular weight is 843 g/mol. The van der Waals surface area contributed by atoms with Gasteiger partial charge in [0.15, 0.2) is 0 Å². The Kier molecular flexibility index (Phi) is 11.6. The molecule has 14 heteroatoms. The van der Waals surface area contributed by atoms with Crippen molar-refractivity contribution in [2.75, 3.05) is 23.3 Å². The number of rotatable bonds is 13. The molecular weight excluding hydrogens is 793 g/mol. The van der Waals surface area contributed by atoms with Crippen LogP contribution in [0.15, 0.2) is 114 Å². The van der Waals surface area contributed by atoms with Gasteiger partial charge in [-0.1, -0.05) is 56.3 Å². The number of aromatic amines is 1. The number of pyridine rings is 1. The maximum absolute atomic E-state index is 13.9. The molecule has 1 saturated carbocycles. The Hall–Kier alpha value is -6.25. The quantitative estimate of drug-likeness (QED) is 0.0646. The molecule has 1 amide bonds. The molecular formula is C47H50N6O7S. The number of carbonyl (C=O) groups is 1. The number of nitro groups is 1. The summed E-state index contributed by atoms with van der Waals surface area (Å²) in [6.45, 7) is 7.64. The fourth-order valence-corrected chi connectivity index (χ4v) is 9.62. The van der Waals surface area contributed by atoms with Crippen LogP contribution in [0.25, 0.3) is 22.2 Å². The van der Waals surface area contributed by atoms with Gasteiger partial charge in [0.1, 0.15) is 22.8 Å². The van der Waals surface area contributed by atoms with Crippen molar-refractivity contribution in [1.29, 1.82) is 0 Å². The first-order valence-electron chi connectivity index (χ1n) is 20.8. The van der Waals surface area contributed by atoms with Gasteiger partial charge in [0.05, 0.1) is 33.2 Å². The number of anilines is 2. The van der Waals surface area contributed by atoms with Gasteiger partial charge in [0.2, 0.25) is 0 Å². The maximum Gasteiger partial charge on any atom is 0.293 e. The normalized spacial score (nSPS) is 19.3. The van der Waals surface area contributed by atoms with Crippen LogP contribution in [-0.2, 0) is 10.0 Å². The maximum atomic E-state index is 13.9. The monoisotopic (exact) mass is 842 g/mol. The van der Waals surface area contributed by atoms with Crippen LogP contribution in [-0.4, -0.2) is 53.0 Å². The predicted molar refractivity (Wildman–Crippen MR) is 237 cm³/mol. The molecule has 4 N–H and O–H groups in total. The molecule has 61 heavy (non-hydrogen) atoms. The van der Waals surface area contributed by atoms with Gasteiger partial charge in [0, 0.05) is 36.4 Å². The van der Waals surface area contributed by atoms with E-state index in [1.54, 1.807) is 31.3 Å². The molecule has 2 aliphatic rings. The summed E-state index contributed by atoms with van der Waals surface area (Å²) < 4.78 is 35.8. The molecule has 316 valence electrons. The van der Waals surface area contributed by atoms with Gasteiger partial charge in [-0.2, -0.15) is 0 Å². The fourth-order valence-electron chi connectivity index (χ4n) is 8.63. The van der Waals surface area contributed by atoms with E-state index in [1.165, 1.54) is 35.5 Å². The third-order valence-electron chi connectivity index (χ3n) is 12.1. The lowest BCUT2D eigenvalue weighted by molar-refractivity contribution is -0.384. The number of fused-ring (bicyclic) bond motifs is 1. The van der Waals surface area contributed by atoms with E-state index in [4.69, 9.17) is 4.74 Å². The van der Waals surface area contributed by atoms with E-state index in [2.05, 4.69) is 75.2 Å². The number of nitrogens with zero attached hydrogens (tertiary/aromatic N) is 3. The molecule has 0 spiro atoms. The van der Waals surface area contributed by atoms with Crippen molar-refractivity contribution < 1.29 is 28.0 Å². The SMILES string of the molecule is CC(C)c1ccccc1[C@H]1CCCN1c1ccc(-c2ccc(C(=O)NS(=O)(=O)c3ccc(NCC4CCC(C)(O)CC4)c([N+](=O)[O-])c3)c(Oc3cnc4[nH]ccc4c3)c2)cc1.